The summed E-state index contributed by atoms with van der Waals surface area (Å²) in [5.74, 6) is 0.631. The fourth-order valence-electron chi connectivity index (χ4n) is 2.59. The highest BCUT2D eigenvalue weighted by Crippen LogP contribution is 2.28. The molecule has 0 radical (unpaired) electrons. The van der Waals surface area contributed by atoms with Crippen molar-refractivity contribution < 1.29 is 0 Å². The molecular formula is C17H28BrN. The topological polar surface area (TPSA) is 12.0 Å². The van der Waals surface area contributed by atoms with Crippen molar-refractivity contribution in [3.63, 3.8) is 0 Å². The predicted octanol–water partition coefficient (Wildman–Crippen LogP) is 5.50. The largest absolute Gasteiger partial charge is 0.319 e. The van der Waals surface area contributed by atoms with Crippen LogP contribution in [-0.2, 0) is 0 Å². The van der Waals surface area contributed by atoms with Gasteiger partial charge in [-0.25, -0.2) is 0 Å². The average Bonchev–Trinajstić information content (AvgIpc) is 2.42. The van der Waals surface area contributed by atoms with Gasteiger partial charge in [0.1, 0.15) is 0 Å². The first-order valence-electron chi connectivity index (χ1n) is 7.68. The van der Waals surface area contributed by atoms with Gasteiger partial charge >= 0.3 is 0 Å². The van der Waals surface area contributed by atoms with Crippen molar-refractivity contribution in [2.75, 3.05) is 13.6 Å². The zero-order valence-electron chi connectivity index (χ0n) is 12.4. The van der Waals surface area contributed by atoms with Gasteiger partial charge in [-0.3, -0.25) is 0 Å². The van der Waals surface area contributed by atoms with Crippen LogP contribution in [-0.4, -0.2) is 13.6 Å². The molecule has 1 rings (SSSR count). The van der Waals surface area contributed by atoms with E-state index >= 15 is 0 Å². The number of likely N-dealkylation sites (N-methyl/N-ethyl adjacent to an activating group) is 1. The van der Waals surface area contributed by atoms with Crippen molar-refractivity contribution in [3.05, 3.63) is 34.3 Å². The monoisotopic (exact) mass is 325 g/mol. The summed E-state index contributed by atoms with van der Waals surface area (Å²) >= 11 is 3.68. The third kappa shape index (κ3) is 6.58. The second-order valence-electron chi connectivity index (χ2n) is 5.33. The van der Waals surface area contributed by atoms with Gasteiger partial charge in [-0.1, -0.05) is 79.6 Å². The minimum absolute atomic E-state index is 0.631. The molecule has 0 fully saturated rings. The molecule has 0 bridgehead atoms. The highest BCUT2D eigenvalue weighted by atomic mass is 79.9. The Kier molecular flexibility index (Phi) is 9.19. The molecule has 108 valence electrons. The van der Waals surface area contributed by atoms with E-state index in [-0.39, 0.29) is 0 Å². The van der Waals surface area contributed by atoms with E-state index in [1.807, 2.05) is 7.05 Å². The van der Waals surface area contributed by atoms with E-state index in [0.29, 0.717) is 5.92 Å². The van der Waals surface area contributed by atoms with Crippen LogP contribution in [0.1, 0.15) is 63.4 Å². The van der Waals surface area contributed by atoms with Crippen LogP contribution in [0.25, 0.3) is 0 Å². The van der Waals surface area contributed by atoms with E-state index in [1.54, 1.807) is 0 Å². The van der Waals surface area contributed by atoms with Crippen LogP contribution in [0.15, 0.2) is 28.7 Å². The number of benzene rings is 1. The molecule has 2 heteroatoms. The normalized spacial score (nSPS) is 12.6. The van der Waals surface area contributed by atoms with Gasteiger partial charge in [-0.05, 0) is 31.0 Å². The van der Waals surface area contributed by atoms with Gasteiger partial charge in [0, 0.05) is 11.0 Å². The van der Waals surface area contributed by atoms with Crippen LogP contribution in [0, 0.1) is 0 Å². The minimum Gasteiger partial charge on any atom is -0.319 e. The van der Waals surface area contributed by atoms with Crippen molar-refractivity contribution in [2.24, 2.45) is 0 Å². The van der Waals surface area contributed by atoms with Gasteiger partial charge in [0.2, 0.25) is 0 Å². The van der Waals surface area contributed by atoms with Gasteiger partial charge in [0.15, 0.2) is 0 Å². The maximum atomic E-state index is 3.68. The van der Waals surface area contributed by atoms with E-state index in [4.69, 9.17) is 0 Å². The summed E-state index contributed by atoms with van der Waals surface area (Å²) in [6, 6.07) is 8.64. The van der Waals surface area contributed by atoms with E-state index in [0.717, 1.165) is 6.54 Å². The van der Waals surface area contributed by atoms with E-state index < -0.39 is 0 Å². The molecule has 1 aromatic rings. The van der Waals surface area contributed by atoms with Crippen LogP contribution >= 0.6 is 15.9 Å². The first-order chi connectivity index (χ1) is 9.29. The van der Waals surface area contributed by atoms with Crippen molar-refractivity contribution in [2.45, 2.75) is 57.8 Å². The Morgan fingerprint density at radius 3 is 2.42 bits per heavy atom. The lowest BCUT2D eigenvalue weighted by molar-refractivity contribution is 0.521. The molecule has 0 saturated heterocycles. The average molecular weight is 326 g/mol. The van der Waals surface area contributed by atoms with Gasteiger partial charge in [0.25, 0.3) is 0 Å². The first kappa shape index (κ1) is 16.7. The molecule has 1 nitrogen and oxygen atoms in total. The maximum Gasteiger partial charge on any atom is 0.0210 e. The van der Waals surface area contributed by atoms with Crippen LogP contribution in [0.4, 0.5) is 0 Å². The van der Waals surface area contributed by atoms with Crippen molar-refractivity contribution >= 4 is 15.9 Å². The lowest BCUT2D eigenvalue weighted by Gasteiger charge is -2.18. The van der Waals surface area contributed by atoms with Gasteiger partial charge in [-0.2, -0.15) is 0 Å². The molecule has 0 amide bonds. The predicted molar refractivity (Wildman–Crippen MR) is 88.8 cm³/mol. The molecule has 0 spiro atoms. The fraction of sp³-hybridized carbons (Fsp3) is 0.647. The zero-order valence-corrected chi connectivity index (χ0v) is 14.0. The zero-order chi connectivity index (χ0) is 13.9. The number of nitrogens with one attached hydrogen (secondary N) is 1. The van der Waals surface area contributed by atoms with Crippen LogP contribution in [0.3, 0.4) is 0 Å². The van der Waals surface area contributed by atoms with Gasteiger partial charge in [0.05, 0.1) is 0 Å². The summed E-state index contributed by atoms with van der Waals surface area (Å²) in [7, 11) is 2.05. The molecule has 19 heavy (non-hydrogen) atoms. The maximum absolute atomic E-state index is 3.68. The third-order valence-electron chi connectivity index (χ3n) is 3.70. The Morgan fingerprint density at radius 1 is 1.05 bits per heavy atom. The summed E-state index contributed by atoms with van der Waals surface area (Å²) in [5.41, 5.74) is 1.45. The number of unbranched alkanes of at least 4 members (excludes halogenated alkanes) is 5. The Bertz CT molecular complexity index is 338. The summed E-state index contributed by atoms with van der Waals surface area (Å²) in [5, 5.41) is 3.33. The first-order valence-corrected chi connectivity index (χ1v) is 8.48. The molecule has 0 heterocycles. The SMILES string of the molecule is CCCCCCCCC(CNC)c1ccccc1Br. The molecule has 1 aromatic carbocycles. The molecule has 0 aliphatic heterocycles. The molecule has 1 atom stereocenters. The quantitative estimate of drug-likeness (QED) is 0.560. The van der Waals surface area contributed by atoms with E-state index in [1.165, 1.54) is 55.0 Å². The second-order valence-corrected chi connectivity index (χ2v) is 6.19. The molecule has 0 aromatic heterocycles. The number of hydrogen-bond donors (Lipinski definition) is 1. The fourth-order valence-corrected chi connectivity index (χ4v) is 3.20. The number of rotatable bonds is 10. The smallest absolute Gasteiger partial charge is 0.0210 e. The second kappa shape index (κ2) is 10.4. The van der Waals surface area contributed by atoms with E-state index in [9.17, 15) is 0 Å². The Morgan fingerprint density at radius 2 is 1.74 bits per heavy atom. The minimum atomic E-state index is 0.631. The summed E-state index contributed by atoms with van der Waals surface area (Å²) < 4.78 is 1.25. The van der Waals surface area contributed by atoms with Gasteiger partial charge in [-0.15, -0.1) is 0 Å². The highest BCUT2D eigenvalue weighted by molar-refractivity contribution is 9.10. The molecule has 0 aliphatic rings. The lowest BCUT2D eigenvalue weighted by atomic mass is 9.93. The van der Waals surface area contributed by atoms with Crippen molar-refractivity contribution in [1.82, 2.24) is 5.32 Å². The molecule has 1 N–H and O–H groups in total. The Labute approximate surface area is 127 Å². The van der Waals surface area contributed by atoms with E-state index in [2.05, 4.69) is 52.4 Å². The summed E-state index contributed by atoms with van der Waals surface area (Å²) in [6.45, 7) is 3.34. The van der Waals surface area contributed by atoms with Crippen molar-refractivity contribution in [1.29, 1.82) is 0 Å². The highest BCUT2D eigenvalue weighted by Gasteiger charge is 2.12. The van der Waals surface area contributed by atoms with Crippen molar-refractivity contribution in [3.8, 4) is 0 Å². The number of halogens is 1. The molecule has 0 aliphatic carbocycles. The summed E-state index contributed by atoms with van der Waals surface area (Å²) in [6.07, 6.45) is 9.54. The molecule has 1 unspecified atom stereocenters. The molecular weight excluding hydrogens is 298 g/mol. The Balaban J connectivity index is 2.39. The summed E-state index contributed by atoms with van der Waals surface area (Å²) in [4.78, 5) is 0. The van der Waals surface area contributed by atoms with Crippen LogP contribution < -0.4 is 5.32 Å². The molecule has 0 saturated carbocycles. The lowest BCUT2D eigenvalue weighted by Crippen LogP contribution is -2.17. The Hall–Kier alpha value is -0.340. The van der Waals surface area contributed by atoms with Crippen LogP contribution in [0.5, 0.6) is 0 Å². The van der Waals surface area contributed by atoms with Crippen LogP contribution in [0.2, 0.25) is 0 Å². The third-order valence-corrected chi connectivity index (χ3v) is 4.42. The van der Waals surface area contributed by atoms with Gasteiger partial charge < -0.3 is 5.32 Å². The number of hydrogen-bond acceptors (Lipinski definition) is 1. The standard InChI is InChI=1S/C17H28BrN/c1-3-4-5-6-7-8-11-15(14-19-2)16-12-9-10-13-17(16)18/h9-10,12-13,15,19H,3-8,11,14H2,1-2H3.